The van der Waals surface area contributed by atoms with E-state index in [-0.39, 0.29) is 11.6 Å². The number of amidine groups is 1. The van der Waals surface area contributed by atoms with Crippen molar-refractivity contribution in [3.8, 4) is 0 Å². The Kier molecular flexibility index (Phi) is 4.53. The van der Waals surface area contributed by atoms with Gasteiger partial charge < -0.3 is 9.47 Å². The van der Waals surface area contributed by atoms with E-state index >= 15 is 0 Å². The van der Waals surface area contributed by atoms with Crippen LogP contribution < -0.4 is 4.90 Å². The van der Waals surface area contributed by atoms with E-state index in [1.165, 1.54) is 12.1 Å². The molecule has 1 aliphatic rings. The second-order valence-corrected chi connectivity index (χ2v) is 6.36. The zero-order valence-electron chi connectivity index (χ0n) is 12.7. The number of hydrogen-bond acceptors (Lipinski definition) is 4. The van der Waals surface area contributed by atoms with Gasteiger partial charge >= 0.3 is 6.18 Å². The van der Waals surface area contributed by atoms with Crippen molar-refractivity contribution in [3.63, 3.8) is 0 Å². The number of rotatable bonds is 3. The molecule has 0 saturated heterocycles. The zero-order valence-corrected chi connectivity index (χ0v) is 13.5. The van der Waals surface area contributed by atoms with Crippen molar-refractivity contribution < 1.29 is 17.6 Å². The second-order valence-electron chi connectivity index (χ2n) is 5.30. The van der Waals surface area contributed by atoms with E-state index in [9.17, 15) is 17.6 Å². The highest BCUT2D eigenvalue weighted by Gasteiger charge is 2.29. The van der Waals surface area contributed by atoms with Gasteiger partial charge in [0.05, 0.1) is 19.3 Å². The summed E-state index contributed by atoms with van der Waals surface area (Å²) in [5.41, 5.74) is 1.38. The predicted molar refractivity (Wildman–Crippen MR) is 86.0 cm³/mol. The van der Waals surface area contributed by atoms with Gasteiger partial charge in [-0.15, -0.1) is 0 Å². The number of benzene rings is 1. The maximum absolute atomic E-state index is 13.1. The third kappa shape index (κ3) is 3.72. The predicted octanol–water partition coefficient (Wildman–Crippen LogP) is 4.25. The van der Waals surface area contributed by atoms with Crippen molar-refractivity contribution in [2.45, 2.75) is 19.1 Å². The van der Waals surface area contributed by atoms with Gasteiger partial charge in [0.25, 0.3) is 0 Å². The summed E-state index contributed by atoms with van der Waals surface area (Å²) in [6.45, 7) is 0.375. The van der Waals surface area contributed by atoms with Gasteiger partial charge in [-0.3, -0.25) is 0 Å². The molecule has 1 aromatic heterocycles. The number of halogens is 4. The quantitative estimate of drug-likeness (QED) is 0.769. The maximum Gasteiger partial charge on any atom is 0.389 e. The fourth-order valence-electron chi connectivity index (χ4n) is 2.29. The van der Waals surface area contributed by atoms with E-state index in [0.29, 0.717) is 23.2 Å². The summed E-state index contributed by atoms with van der Waals surface area (Å²) in [5, 5.41) is 0.446. The van der Waals surface area contributed by atoms with Crippen LogP contribution >= 0.6 is 11.8 Å². The van der Waals surface area contributed by atoms with Gasteiger partial charge in [-0.2, -0.15) is 13.2 Å². The summed E-state index contributed by atoms with van der Waals surface area (Å²) >= 11 is 1.03. The first-order valence-corrected chi connectivity index (χ1v) is 8.13. The van der Waals surface area contributed by atoms with Gasteiger partial charge in [0, 0.05) is 18.5 Å². The number of thioether (sulfide) groups is 1. The van der Waals surface area contributed by atoms with Crippen LogP contribution in [0.1, 0.15) is 12.1 Å². The Labute approximate surface area is 140 Å². The van der Waals surface area contributed by atoms with Gasteiger partial charge in [-0.1, -0.05) is 11.8 Å². The largest absolute Gasteiger partial charge is 0.389 e. The SMILES string of the molecule is Cn1cnc2c1N=C(SCCC(F)(F)F)N(c1ccc(F)cc1)C2. The van der Waals surface area contributed by atoms with Gasteiger partial charge in [-0.25, -0.2) is 14.4 Å². The average molecular weight is 358 g/mol. The molecule has 9 heteroatoms. The Balaban J connectivity index is 1.87. The van der Waals surface area contributed by atoms with E-state index in [4.69, 9.17) is 0 Å². The Morgan fingerprint density at radius 1 is 1.21 bits per heavy atom. The lowest BCUT2D eigenvalue weighted by Crippen LogP contribution is -2.31. The monoisotopic (exact) mass is 358 g/mol. The van der Waals surface area contributed by atoms with Gasteiger partial charge in [-0.05, 0) is 24.3 Å². The molecule has 0 N–H and O–H groups in total. The van der Waals surface area contributed by atoms with E-state index in [1.807, 2.05) is 0 Å². The zero-order chi connectivity index (χ0) is 17.3. The summed E-state index contributed by atoms with van der Waals surface area (Å²) in [4.78, 5) is 10.4. The van der Waals surface area contributed by atoms with Gasteiger partial charge in [0.2, 0.25) is 0 Å². The molecule has 2 aromatic rings. The average Bonchev–Trinajstić information content (AvgIpc) is 2.87. The van der Waals surface area contributed by atoms with Crippen LogP contribution in [0.15, 0.2) is 35.6 Å². The molecule has 0 saturated carbocycles. The molecule has 0 radical (unpaired) electrons. The number of fused-ring (bicyclic) bond motifs is 1. The molecule has 0 atom stereocenters. The van der Waals surface area contributed by atoms with Crippen molar-refractivity contribution >= 4 is 28.4 Å². The third-order valence-electron chi connectivity index (χ3n) is 3.47. The molecular weight excluding hydrogens is 344 g/mol. The highest BCUT2D eigenvalue weighted by Crippen LogP contribution is 2.33. The lowest BCUT2D eigenvalue weighted by atomic mass is 10.2. The van der Waals surface area contributed by atoms with E-state index in [0.717, 1.165) is 17.5 Å². The summed E-state index contributed by atoms with van der Waals surface area (Å²) < 4.78 is 52.1. The smallest absolute Gasteiger partial charge is 0.319 e. The molecule has 1 aliphatic heterocycles. The first kappa shape index (κ1) is 16.8. The highest BCUT2D eigenvalue weighted by molar-refractivity contribution is 8.14. The number of aryl methyl sites for hydroxylation is 1. The van der Waals surface area contributed by atoms with Crippen LogP contribution in [-0.4, -0.2) is 26.6 Å². The fraction of sp³-hybridized carbons (Fsp3) is 0.333. The third-order valence-corrected chi connectivity index (χ3v) is 4.45. The number of imidazole rings is 1. The molecule has 24 heavy (non-hydrogen) atoms. The molecule has 4 nitrogen and oxygen atoms in total. The molecule has 3 rings (SSSR count). The Morgan fingerprint density at radius 2 is 1.92 bits per heavy atom. The minimum Gasteiger partial charge on any atom is -0.319 e. The molecular formula is C15H14F4N4S. The molecule has 2 heterocycles. The van der Waals surface area contributed by atoms with Crippen molar-refractivity contribution in [1.82, 2.24) is 9.55 Å². The van der Waals surface area contributed by atoms with Crippen LogP contribution in [0.5, 0.6) is 0 Å². The lowest BCUT2D eigenvalue weighted by Gasteiger charge is -2.28. The fourth-order valence-corrected chi connectivity index (χ4v) is 3.28. The van der Waals surface area contributed by atoms with Crippen LogP contribution in [0.2, 0.25) is 0 Å². The van der Waals surface area contributed by atoms with Crippen molar-refractivity contribution in [1.29, 1.82) is 0 Å². The van der Waals surface area contributed by atoms with E-state index in [2.05, 4.69) is 9.98 Å². The van der Waals surface area contributed by atoms with E-state index in [1.54, 1.807) is 35.0 Å². The minimum absolute atomic E-state index is 0.132. The molecule has 0 amide bonds. The Morgan fingerprint density at radius 3 is 2.58 bits per heavy atom. The summed E-state index contributed by atoms with van der Waals surface area (Å²) in [7, 11) is 1.78. The topological polar surface area (TPSA) is 33.4 Å². The molecule has 0 aliphatic carbocycles. The number of hydrogen-bond donors (Lipinski definition) is 0. The maximum atomic E-state index is 13.1. The van der Waals surface area contributed by atoms with E-state index < -0.39 is 12.6 Å². The second kappa shape index (κ2) is 6.46. The normalized spacial score (nSPS) is 14.5. The minimum atomic E-state index is -4.21. The first-order valence-electron chi connectivity index (χ1n) is 7.15. The molecule has 128 valence electrons. The number of alkyl halides is 3. The molecule has 1 aromatic carbocycles. The number of aliphatic imine (C=N–C) groups is 1. The number of aromatic nitrogens is 2. The number of nitrogens with zero attached hydrogens (tertiary/aromatic N) is 4. The molecule has 0 fully saturated rings. The highest BCUT2D eigenvalue weighted by atomic mass is 32.2. The van der Waals surface area contributed by atoms with Gasteiger partial charge in [0.15, 0.2) is 11.0 Å². The van der Waals surface area contributed by atoms with Crippen molar-refractivity contribution in [2.75, 3.05) is 10.7 Å². The van der Waals surface area contributed by atoms with Crippen molar-refractivity contribution in [2.24, 2.45) is 12.0 Å². The van der Waals surface area contributed by atoms with Crippen LogP contribution in [0.4, 0.5) is 29.1 Å². The Hall–Kier alpha value is -2.03. The summed E-state index contributed by atoms with van der Waals surface area (Å²) in [6.07, 6.45) is -3.49. The first-order chi connectivity index (χ1) is 11.3. The van der Waals surface area contributed by atoms with Crippen LogP contribution in [0.3, 0.4) is 0 Å². The standard InChI is InChI=1S/C15H14F4N4S/c1-22-9-20-12-8-23(11-4-2-10(16)3-5-11)14(21-13(12)22)24-7-6-15(17,18)19/h2-5,9H,6-8H2,1H3. The molecule has 0 bridgehead atoms. The van der Waals surface area contributed by atoms with Crippen molar-refractivity contribution in [3.05, 3.63) is 42.1 Å². The molecule has 0 unspecified atom stereocenters. The lowest BCUT2D eigenvalue weighted by molar-refractivity contribution is -0.129. The summed E-state index contributed by atoms with van der Waals surface area (Å²) in [5.74, 6) is 0.119. The van der Waals surface area contributed by atoms with Crippen LogP contribution in [-0.2, 0) is 13.6 Å². The van der Waals surface area contributed by atoms with Crippen LogP contribution in [0, 0.1) is 5.82 Å². The molecule has 0 spiro atoms. The van der Waals surface area contributed by atoms with Gasteiger partial charge in [0.1, 0.15) is 11.5 Å². The van der Waals surface area contributed by atoms with Crippen LogP contribution in [0.25, 0.3) is 0 Å². The summed E-state index contributed by atoms with van der Waals surface area (Å²) in [6, 6.07) is 5.76. The number of anilines is 1. The Bertz CT molecular complexity index is 752.